The Balaban J connectivity index is 1.67. The Labute approximate surface area is 227 Å². The predicted octanol–water partition coefficient (Wildman–Crippen LogP) is 6.62. The van der Waals surface area contributed by atoms with Crippen LogP contribution in [0.4, 0.5) is 11.4 Å². The Morgan fingerprint density at radius 1 is 1.11 bits per heavy atom. The van der Waals surface area contributed by atoms with Gasteiger partial charge in [-0.3, -0.25) is 9.36 Å². The van der Waals surface area contributed by atoms with E-state index in [4.69, 9.17) is 13.9 Å². The highest BCUT2D eigenvalue weighted by Crippen LogP contribution is 2.37. The topological polar surface area (TPSA) is 65.8 Å². The molecule has 1 saturated heterocycles. The zero-order valence-electron chi connectivity index (χ0n) is 24.0. The van der Waals surface area contributed by atoms with Crippen LogP contribution in [0.1, 0.15) is 51.6 Å². The summed E-state index contributed by atoms with van der Waals surface area (Å²) in [5.74, 6) is 0.812. The number of rotatable bonds is 9. The van der Waals surface area contributed by atoms with Gasteiger partial charge in [-0.15, -0.1) is 0 Å². The van der Waals surface area contributed by atoms with E-state index in [1.807, 2.05) is 18.2 Å². The number of benzene rings is 2. The second-order valence-electron chi connectivity index (χ2n) is 11.8. The van der Waals surface area contributed by atoms with Crippen molar-refractivity contribution < 1.29 is 13.9 Å². The van der Waals surface area contributed by atoms with Crippen molar-refractivity contribution in [3.63, 3.8) is 0 Å². The number of hydrogen-bond acceptors (Lipinski definition) is 6. The maximum atomic E-state index is 13.6. The molecular formula is C30H43N3O4Si. The van der Waals surface area contributed by atoms with E-state index >= 15 is 0 Å². The first-order valence-corrected chi connectivity index (χ1v) is 16.6. The van der Waals surface area contributed by atoms with Crippen LogP contribution in [0.3, 0.4) is 0 Å². The van der Waals surface area contributed by atoms with Crippen LogP contribution in [0.5, 0.6) is 5.75 Å². The molecule has 2 heterocycles. The largest absolute Gasteiger partial charge is 0.497 e. The Morgan fingerprint density at radius 2 is 1.84 bits per heavy atom. The first-order chi connectivity index (χ1) is 18.0. The summed E-state index contributed by atoms with van der Waals surface area (Å²) in [6.45, 7) is 16.2. The highest BCUT2D eigenvalue weighted by molar-refractivity contribution is 6.74. The van der Waals surface area contributed by atoms with Crippen LogP contribution >= 0.6 is 0 Å². The molecule has 206 valence electrons. The van der Waals surface area contributed by atoms with Gasteiger partial charge in [0.25, 0.3) is 5.56 Å². The highest BCUT2D eigenvalue weighted by atomic mass is 28.4. The fraction of sp³-hybridized carbons (Fsp3) is 0.533. The summed E-state index contributed by atoms with van der Waals surface area (Å²) in [7, 11) is -0.135. The molecule has 8 heteroatoms. The third kappa shape index (κ3) is 6.30. The van der Waals surface area contributed by atoms with Crippen LogP contribution in [0.15, 0.2) is 47.5 Å². The van der Waals surface area contributed by atoms with Gasteiger partial charge >= 0.3 is 0 Å². The van der Waals surface area contributed by atoms with Crippen molar-refractivity contribution in [1.82, 2.24) is 9.55 Å². The quantitative estimate of drug-likeness (QED) is 0.226. The lowest BCUT2D eigenvalue weighted by atomic mass is 10.1. The summed E-state index contributed by atoms with van der Waals surface area (Å²) in [6.07, 6.45) is 4.22. The predicted molar refractivity (Wildman–Crippen MR) is 158 cm³/mol. The molecule has 1 aliphatic heterocycles. The third-order valence-electron chi connectivity index (χ3n) is 8.04. The minimum atomic E-state index is -1.83. The van der Waals surface area contributed by atoms with Crippen molar-refractivity contribution >= 4 is 30.6 Å². The summed E-state index contributed by atoms with van der Waals surface area (Å²) in [4.78, 5) is 20.5. The monoisotopic (exact) mass is 537 g/mol. The molecule has 7 nitrogen and oxygen atoms in total. The smallest absolute Gasteiger partial charge is 0.261 e. The lowest BCUT2D eigenvalue weighted by molar-refractivity contribution is 0.0685. The first-order valence-electron chi connectivity index (χ1n) is 13.7. The van der Waals surface area contributed by atoms with Gasteiger partial charge in [0.1, 0.15) is 5.75 Å². The average molecular weight is 538 g/mol. The lowest BCUT2D eigenvalue weighted by Gasteiger charge is -2.36. The van der Waals surface area contributed by atoms with E-state index in [-0.39, 0.29) is 16.6 Å². The van der Waals surface area contributed by atoms with Crippen molar-refractivity contribution in [3.8, 4) is 5.75 Å². The molecule has 3 aromatic rings. The molecule has 2 aromatic carbocycles. The molecule has 38 heavy (non-hydrogen) atoms. The molecular weight excluding hydrogens is 494 g/mol. The molecule has 0 spiro atoms. The summed E-state index contributed by atoms with van der Waals surface area (Å²) >= 11 is 0. The lowest BCUT2D eigenvalue weighted by Crippen LogP contribution is -2.41. The second kappa shape index (κ2) is 11.6. The van der Waals surface area contributed by atoms with Crippen molar-refractivity contribution in [1.29, 1.82) is 0 Å². The number of ether oxygens (including phenoxy) is 2. The van der Waals surface area contributed by atoms with Crippen LogP contribution in [0.2, 0.25) is 18.1 Å². The van der Waals surface area contributed by atoms with Gasteiger partial charge in [0.05, 0.1) is 24.3 Å². The van der Waals surface area contributed by atoms with Gasteiger partial charge in [-0.25, -0.2) is 4.98 Å². The van der Waals surface area contributed by atoms with Gasteiger partial charge in [-0.2, -0.15) is 0 Å². The summed E-state index contributed by atoms with van der Waals surface area (Å²) in [5.41, 5.74) is 3.83. The maximum absolute atomic E-state index is 13.6. The van der Waals surface area contributed by atoms with Gasteiger partial charge < -0.3 is 18.8 Å². The van der Waals surface area contributed by atoms with Crippen LogP contribution in [-0.2, 0) is 9.16 Å². The molecule has 0 unspecified atom stereocenters. The average Bonchev–Trinajstić information content (AvgIpc) is 2.88. The van der Waals surface area contributed by atoms with Gasteiger partial charge in [-0.05, 0) is 80.2 Å². The molecule has 0 N–H and O–H groups in total. The van der Waals surface area contributed by atoms with E-state index in [1.54, 1.807) is 18.0 Å². The minimum absolute atomic E-state index is 0.00628. The number of nitrogens with zero attached hydrogens (tertiary/aromatic N) is 3. The van der Waals surface area contributed by atoms with Crippen LogP contribution in [0.25, 0.3) is 10.9 Å². The van der Waals surface area contributed by atoms with Crippen LogP contribution in [0, 0.1) is 6.92 Å². The van der Waals surface area contributed by atoms with Gasteiger partial charge in [0.15, 0.2) is 8.32 Å². The minimum Gasteiger partial charge on any atom is -0.497 e. The molecule has 1 aliphatic rings. The van der Waals surface area contributed by atoms with E-state index in [9.17, 15) is 4.79 Å². The molecule has 0 aliphatic carbocycles. The van der Waals surface area contributed by atoms with E-state index < -0.39 is 8.32 Å². The second-order valence-corrected chi connectivity index (χ2v) is 16.6. The maximum Gasteiger partial charge on any atom is 0.261 e. The zero-order chi connectivity index (χ0) is 27.5. The van der Waals surface area contributed by atoms with Crippen LogP contribution < -0.4 is 15.2 Å². The standard InChI is InChI=1S/C30H43N3O4Si/c1-22-17-25(19-26(18-22)35-5)32(13-8-14-37-38(6,7)30(2,3)4)24-9-10-28-27(20-24)29(34)33(21-31-28)23-11-15-36-16-12-23/h9-10,17-21,23H,8,11-16H2,1-7H3. The normalized spacial score (nSPS) is 15.1. The fourth-order valence-electron chi connectivity index (χ4n) is 4.69. The summed E-state index contributed by atoms with van der Waals surface area (Å²) in [6, 6.07) is 12.4. The number of fused-ring (bicyclic) bond motifs is 1. The highest BCUT2D eigenvalue weighted by Gasteiger charge is 2.36. The third-order valence-corrected chi connectivity index (χ3v) is 12.6. The van der Waals surface area contributed by atoms with E-state index in [0.717, 1.165) is 48.5 Å². The number of aromatic nitrogens is 2. The number of hydrogen-bond donors (Lipinski definition) is 0. The van der Waals surface area contributed by atoms with Crippen molar-refractivity contribution in [2.75, 3.05) is 38.4 Å². The fourth-order valence-corrected chi connectivity index (χ4v) is 5.78. The Bertz CT molecular complexity index is 1310. The molecule has 0 amide bonds. The SMILES string of the molecule is COc1cc(C)cc(N(CCCO[Si](C)(C)C(C)(C)C)c2ccc3ncn(C4CCOCC4)c(=O)c3c2)c1. The van der Waals surface area contributed by atoms with Gasteiger partial charge in [0, 0.05) is 49.8 Å². The number of aryl methyl sites for hydroxylation is 1. The molecule has 4 rings (SSSR count). The Hall–Kier alpha value is -2.68. The van der Waals surface area contributed by atoms with Crippen molar-refractivity contribution in [2.24, 2.45) is 0 Å². The Morgan fingerprint density at radius 3 is 2.53 bits per heavy atom. The molecule has 0 atom stereocenters. The summed E-state index contributed by atoms with van der Waals surface area (Å²) < 4.78 is 19.3. The first kappa shape index (κ1) is 28.3. The molecule has 0 radical (unpaired) electrons. The molecule has 1 fully saturated rings. The number of methoxy groups -OCH3 is 1. The van der Waals surface area contributed by atoms with Gasteiger partial charge in [0.2, 0.25) is 0 Å². The van der Waals surface area contributed by atoms with Crippen molar-refractivity contribution in [2.45, 2.75) is 71.1 Å². The van der Waals surface area contributed by atoms with Gasteiger partial charge in [-0.1, -0.05) is 20.8 Å². The zero-order valence-corrected chi connectivity index (χ0v) is 25.0. The molecule has 0 saturated carbocycles. The van der Waals surface area contributed by atoms with E-state index in [1.165, 1.54) is 0 Å². The van der Waals surface area contributed by atoms with E-state index in [0.29, 0.717) is 30.7 Å². The Kier molecular flexibility index (Phi) is 8.64. The van der Waals surface area contributed by atoms with Crippen LogP contribution in [-0.4, -0.2) is 51.3 Å². The van der Waals surface area contributed by atoms with E-state index in [2.05, 4.69) is 68.9 Å². The number of anilines is 2. The van der Waals surface area contributed by atoms with Crippen molar-refractivity contribution in [3.05, 3.63) is 58.6 Å². The summed E-state index contributed by atoms with van der Waals surface area (Å²) in [5, 5.41) is 0.811. The molecule has 1 aromatic heterocycles. The molecule has 0 bridgehead atoms.